The van der Waals surface area contributed by atoms with Gasteiger partial charge >= 0.3 is 6.09 Å². The fraction of sp³-hybridized carbons (Fsp3) is 0.714. The van der Waals surface area contributed by atoms with Crippen molar-refractivity contribution in [2.75, 3.05) is 25.1 Å². The largest absolute Gasteiger partial charge is 0.444 e. The van der Waals surface area contributed by atoms with Gasteiger partial charge in [-0.2, -0.15) is 11.8 Å². The number of imidazole rings is 1. The number of hydrogen-bond acceptors (Lipinski definition) is 4. The van der Waals surface area contributed by atoms with Crippen LogP contribution >= 0.6 is 11.8 Å². The monoisotopic (exact) mass is 297 g/mol. The Hall–Kier alpha value is -1.17. The van der Waals surface area contributed by atoms with Crippen LogP contribution in [0.25, 0.3) is 0 Å². The number of rotatable bonds is 4. The van der Waals surface area contributed by atoms with E-state index in [1.54, 1.807) is 4.90 Å². The van der Waals surface area contributed by atoms with Gasteiger partial charge in [0.1, 0.15) is 5.60 Å². The molecule has 0 atom stereocenters. The number of ether oxygens (including phenoxy) is 1. The van der Waals surface area contributed by atoms with Gasteiger partial charge in [-0.15, -0.1) is 0 Å². The fourth-order valence-electron chi connectivity index (χ4n) is 2.19. The van der Waals surface area contributed by atoms with Crippen LogP contribution in [0.2, 0.25) is 0 Å². The molecule has 20 heavy (non-hydrogen) atoms. The van der Waals surface area contributed by atoms with Crippen LogP contribution in [0.4, 0.5) is 4.79 Å². The van der Waals surface area contributed by atoms with Crippen LogP contribution in [0.5, 0.6) is 0 Å². The second-order valence-electron chi connectivity index (χ2n) is 6.09. The summed E-state index contributed by atoms with van der Waals surface area (Å²) >= 11 is 1.82. The minimum atomic E-state index is -0.428. The number of thioether (sulfide) groups is 1. The van der Waals surface area contributed by atoms with E-state index in [-0.39, 0.29) is 6.09 Å². The Morgan fingerprint density at radius 3 is 2.80 bits per heavy atom. The SMILES string of the molecule is CSCCn1cncc1C1CN(C(=O)OC(C)(C)C)C1. The summed E-state index contributed by atoms with van der Waals surface area (Å²) in [6, 6.07) is 0. The summed E-state index contributed by atoms with van der Waals surface area (Å²) in [5.74, 6) is 1.46. The van der Waals surface area contributed by atoms with Gasteiger partial charge in [0.15, 0.2) is 0 Å². The van der Waals surface area contributed by atoms with Gasteiger partial charge in [0.05, 0.1) is 6.33 Å². The van der Waals surface area contributed by atoms with Crippen LogP contribution < -0.4 is 0 Å². The molecule has 0 N–H and O–H groups in total. The summed E-state index contributed by atoms with van der Waals surface area (Å²) in [4.78, 5) is 17.9. The lowest BCUT2D eigenvalue weighted by Crippen LogP contribution is -2.50. The summed E-state index contributed by atoms with van der Waals surface area (Å²) in [6.07, 6.45) is 5.67. The number of carbonyl (C=O) groups is 1. The summed E-state index contributed by atoms with van der Waals surface area (Å²) in [7, 11) is 0. The van der Waals surface area contributed by atoms with Gasteiger partial charge < -0.3 is 14.2 Å². The molecule has 0 saturated carbocycles. The molecule has 0 radical (unpaired) electrons. The van der Waals surface area contributed by atoms with E-state index in [1.807, 2.05) is 45.1 Å². The van der Waals surface area contributed by atoms with Crippen molar-refractivity contribution < 1.29 is 9.53 Å². The van der Waals surface area contributed by atoms with Gasteiger partial charge in [-0.05, 0) is 27.0 Å². The van der Waals surface area contributed by atoms with Crippen LogP contribution in [0.3, 0.4) is 0 Å². The molecule has 1 amide bonds. The standard InChI is InChI=1S/C14H23N3O2S/c1-14(2,3)19-13(18)17-8-11(9-17)12-7-15-10-16(12)5-6-20-4/h7,10-11H,5-6,8-9H2,1-4H3. The first kappa shape index (κ1) is 15.2. The van der Waals surface area contributed by atoms with Gasteiger partial charge in [0.2, 0.25) is 0 Å². The molecular weight excluding hydrogens is 274 g/mol. The smallest absolute Gasteiger partial charge is 0.410 e. The quantitative estimate of drug-likeness (QED) is 0.857. The molecule has 0 aliphatic carbocycles. The molecule has 0 aromatic carbocycles. The highest BCUT2D eigenvalue weighted by atomic mass is 32.2. The van der Waals surface area contributed by atoms with Crippen molar-refractivity contribution in [2.24, 2.45) is 0 Å². The van der Waals surface area contributed by atoms with Gasteiger partial charge in [-0.3, -0.25) is 0 Å². The van der Waals surface area contributed by atoms with E-state index >= 15 is 0 Å². The highest BCUT2D eigenvalue weighted by Gasteiger charge is 2.35. The molecule has 2 rings (SSSR count). The number of aryl methyl sites for hydroxylation is 1. The molecule has 2 heterocycles. The zero-order chi connectivity index (χ0) is 14.8. The van der Waals surface area contributed by atoms with E-state index in [0.717, 1.165) is 25.4 Å². The number of likely N-dealkylation sites (tertiary alicyclic amines) is 1. The average molecular weight is 297 g/mol. The van der Waals surface area contributed by atoms with Crippen LogP contribution in [-0.2, 0) is 11.3 Å². The average Bonchev–Trinajstić information content (AvgIpc) is 2.70. The summed E-state index contributed by atoms with van der Waals surface area (Å²) in [5.41, 5.74) is 0.793. The Kier molecular flexibility index (Phi) is 4.62. The summed E-state index contributed by atoms with van der Waals surface area (Å²) in [5, 5.41) is 0. The third kappa shape index (κ3) is 3.69. The molecule has 1 fully saturated rings. The maximum atomic E-state index is 11.9. The van der Waals surface area contributed by atoms with E-state index in [1.165, 1.54) is 5.69 Å². The fourth-order valence-corrected chi connectivity index (χ4v) is 2.57. The number of nitrogens with zero attached hydrogens (tertiary/aromatic N) is 3. The molecule has 0 spiro atoms. The van der Waals surface area contributed by atoms with E-state index in [2.05, 4.69) is 15.8 Å². The zero-order valence-corrected chi connectivity index (χ0v) is 13.4. The van der Waals surface area contributed by atoms with Crippen LogP contribution in [0.1, 0.15) is 32.4 Å². The minimum absolute atomic E-state index is 0.219. The van der Waals surface area contributed by atoms with E-state index < -0.39 is 5.60 Å². The van der Waals surface area contributed by atoms with Crippen molar-refractivity contribution in [1.29, 1.82) is 0 Å². The molecule has 5 nitrogen and oxygen atoms in total. The third-order valence-electron chi connectivity index (χ3n) is 3.23. The first-order chi connectivity index (χ1) is 9.40. The van der Waals surface area contributed by atoms with Crippen molar-refractivity contribution in [3.05, 3.63) is 18.2 Å². The topological polar surface area (TPSA) is 47.4 Å². The second kappa shape index (κ2) is 6.08. The van der Waals surface area contributed by atoms with Crippen molar-refractivity contribution in [1.82, 2.24) is 14.5 Å². The molecule has 1 aromatic heterocycles. The predicted octanol–water partition coefficient (Wildman–Crippen LogP) is 2.58. The maximum Gasteiger partial charge on any atom is 0.410 e. The number of hydrogen-bond donors (Lipinski definition) is 0. The first-order valence-corrected chi connectivity index (χ1v) is 8.27. The molecule has 1 saturated heterocycles. The van der Waals surface area contributed by atoms with Gasteiger partial charge in [0.25, 0.3) is 0 Å². The Morgan fingerprint density at radius 2 is 2.20 bits per heavy atom. The predicted molar refractivity (Wildman–Crippen MR) is 81.2 cm³/mol. The van der Waals surface area contributed by atoms with Gasteiger partial charge in [-0.1, -0.05) is 0 Å². The highest BCUT2D eigenvalue weighted by molar-refractivity contribution is 7.98. The lowest BCUT2D eigenvalue weighted by Gasteiger charge is -2.39. The third-order valence-corrected chi connectivity index (χ3v) is 3.82. The van der Waals surface area contributed by atoms with E-state index in [0.29, 0.717) is 5.92 Å². The first-order valence-electron chi connectivity index (χ1n) is 6.87. The van der Waals surface area contributed by atoms with E-state index in [4.69, 9.17) is 4.74 Å². The molecule has 1 aromatic rings. The normalized spacial score (nSPS) is 16.1. The molecule has 0 unspecified atom stereocenters. The summed E-state index contributed by atoms with van der Waals surface area (Å²) < 4.78 is 7.55. The molecule has 0 bridgehead atoms. The Bertz CT molecular complexity index is 461. The Labute approximate surface area is 124 Å². The van der Waals surface area contributed by atoms with E-state index in [9.17, 15) is 4.79 Å². The van der Waals surface area contributed by atoms with Crippen molar-refractivity contribution in [2.45, 2.75) is 38.8 Å². The number of aromatic nitrogens is 2. The summed E-state index contributed by atoms with van der Waals surface area (Å²) in [6.45, 7) is 8.08. The van der Waals surface area contributed by atoms with Gasteiger partial charge in [-0.25, -0.2) is 9.78 Å². The Morgan fingerprint density at radius 1 is 1.50 bits per heavy atom. The molecule has 1 aliphatic rings. The maximum absolute atomic E-state index is 11.9. The minimum Gasteiger partial charge on any atom is -0.444 e. The highest BCUT2D eigenvalue weighted by Crippen LogP contribution is 2.28. The Balaban J connectivity index is 1.87. The lowest BCUT2D eigenvalue weighted by atomic mass is 9.97. The van der Waals surface area contributed by atoms with Crippen LogP contribution in [0.15, 0.2) is 12.5 Å². The molecule has 6 heteroatoms. The lowest BCUT2D eigenvalue weighted by molar-refractivity contribution is 0.00760. The van der Waals surface area contributed by atoms with Crippen LogP contribution in [0, 0.1) is 0 Å². The van der Waals surface area contributed by atoms with Crippen molar-refractivity contribution >= 4 is 17.9 Å². The molecular formula is C14H23N3O2S. The second-order valence-corrected chi connectivity index (χ2v) is 7.07. The van der Waals surface area contributed by atoms with Crippen LogP contribution in [-0.4, -0.2) is 51.2 Å². The molecule has 1 aliphatic heterocycles. The number of carbonyl (C=O) groups excluding carboxylic acids is 1. The number of amides is 1. The van der Waals surface area contributed by atoms with Crippen molar-refractivity contribution in [3.8, 4) is 0 Å². The van der Waals surface area contributed by atoms with Crippen molar-refractivity contribution in [3.63, 3.8) is 0 Å². The van der Waals surface area contributed by atoms with Gasteiger partial charge in [0, 0.05) is 43.2 Å². The zero-order valence-electron chi connectivity index (χ0n) is 12.6. The molecule has 112 valence electrons.